The number of fused-ring (bicyclic) bond motifs is 1. The van der Waals surface area contributed by atoms with E-state index in [0.717, 1.165) is 24.1 Å². The molecular formula is C23H22N2O3S2. The Hall–Kier alpha value is -2.64. The molecule has 0 aliphatic carbocycles. The van der Waals surface area contributed by atoms with Gasteiger partial charge in [-0.05, 0) is 36.6 Å². The predicted molar refractivity (Wildman–Crippen MR) is 125 cm³/mol. The van der Waals surface area contributed by atoms with Crippen LogP contribution >= 0.6 is 24.0 Å². The number of ether oxygens (including phenoxy) is 1. The molecular weight excluding hydrogens is 416 g/mol. The lowest BCUT2D eigenvalue weighted by atomic mass is 10.0. The van der Waals surface area contributed by atoms with Gasteiger partial charge in [0.25, 0.3) is 5.91 Å². The number of amides is 2. The van der Waals surface area contributed by atoms with Gasteiger partial charge in [0.2, 0.25) is 5.91 Å². The summed E-state index contributed by atoms with van der Waals surface area (Å²) < 4.78 is 5.84. The maximum Gasteiger partial charge on any atom is 0.266 e. The summed E-state index contributed by atoms with van der Waals surface area (Å²) in [5.74, 6) is 0.550. The SMILES string of the molecule is COc1ccccc1C=C1SC(=S)N(CCC(=O)N2CCCc3ccccc32)C1=O. The van der Waals surface area contributed by atoms with Crippen LogP contribution in [0, 0.1) is 0 Å². The lowest BCUT2D eigenvalue weighted by Crippen LogP contribution is -2.38. The molecule has 2 amide bonds. The van der Waals surface area contributed by atoms with Crippen molar-refractivity contribution < 1.29 is 14.3 Å². The minimum absolute atomic E-state index is 0.0184. The number of thioether (sulfide) groups is 1. The van der Waals surface area contributed by atoms with E-state index in [-0.39, 0.29) is 24.8 Å². The van der Waals surface area contributed by atoms with Crippen molar-refractivity contribution in [1.82, 2.24) is 4.90 Å². The Morgan fingerprint density at radius 1 is 1.20 bits per heavy atom. The summed E-state index contributed by atoms with van der Waals surface area (Å²) in [6, 6.07) is 15.5. The average molecular weight is 439 g/mol. The van der Waals surface area contributed by atoms with Crippen LogP contribution in [0.15, 0.2) is 53.4 Å². The van der Waals surface area contributed by atoms with E-state index in [1.54, 1.807) is 13.2 Å². The van der Waals surface area contributed by atoms with Crippen LogP contribution in [0.3, 0.4) is 0 Å². The molecule has 0 N–H and O–H groups in total. The molecule has 2 aliphatic rings. The molecule has 0 atom stereocenters. The Labute approximate surface area is 185 Å². The molecule has 30 heavy (non-hydrogen) atoms. The van der Waals surface area contributed by atoms with E-state index in [1.807, 2.05) is 47.4 Å². The third kappa shape index (κ3) is 4.13. The smallest absolute Gasteiger partial charge is 0.266 e. The molecule has 0 spiro atoms. The van der Waals surface area contributed by atoms with Crippen LogP contribution < -0.4 is 9.64 Å². The molecule has 0 radical (unpaired) electrons. The van der Waals surface area contributed by atoms with Gasteiger partial charge in [0.15, 0.2) is 0 Å². The summed E-state index contributed by atoms with van der Waals surface area (Å²) in [6.07, 6.45) is 3.97. The van der Waals surface area contributed by atoms with Crippen LogP contribution in [0.2, 0.25) is 0 Å². The fraction of sp³-hybridized carbons (Fsp3) is 0.261. The summed E-state index contributed by atoms with van der Waals surface area (Å²) >= 11 is 6.67. The maximum absolute atomic E-state index is 12.9. The standard InChI is InChI=1S/C23H22N2O3S2/c1-28-19-11-5-3-8-17(19)15-20-22(27)25(23(29)30-20)14-12-21(26)24-13-6-9-16-7-2-4-10-18(16)24/h2-5,7-8,10-11,15H,6,9,12-14H2,1H3. The van der Waals surface area contributed by atoms with Gasteiger partial charge in [-0.15, -0.1) is 0 Å². The second-order valence-corrected chi connectivity index (χ2v) is 8.78. The third-order valence-corrected chi connectivity index (χ3v) is 6.64. The number of carbonyl (C=O) groups excluding carboxylic acids is 2. The lowest BCUT2D eigenvalue weighted by Gasteiger charge is -2.30. The zero-order chi connectivity index (χ0) is 21.1. The number of para-hydroxylation sites is 2. The van der Waals surface area contributed by atoms with Crippen LogP contribution in [0.1, 0.15) is 24.0 Å². The summed E-state index contributed by atoms with van der Waals surface area (Å²) in [7, 11) is 1.60. The Kier molecular flexibility index (Phi) is 6.20. The molecule has 7 heteroatoms. The summed E-state index contributed by atoms with van der Waals surface area (Å²) in [5, 5.41) is 0. The second-order valence-electron chi connectivity index (χ2n) is 7.10. The lowest BCUT2D eigenvalue weighted by molar-refractivity contribution is -0.123. The number of thiocarbonyl (C=S) groups is 1. The molecule has 5 nitrogen and oxygen atoms in total. The number of carbonyl (C=O) groups is 2. The molecule has 2 heterocycles. The van der Waals surface area contributed by atoms with Crippen molar-refractivity contribution in [3.8, 4) is 5.75 Å². The maximum atomic E-state index is 12.9. The second kappa shape index (κ2) is 9.02. The first-order chi connectivity index (χ1) is 14.6. The highest BCUT2D eigenvalue weighted by molar-refractivity contribution is 8.26. The first-order valence-electron chi connectivity index (χ1n) is 9.85. The van der Waals surface area contributed by atoms with Crippen molar-refractivity contribution in [2.45, 2.75) is 19.3 Å². The summed E-state index contributed by atoms with van der Waals surface area (Å²) in [4.78, 5) is 29.7. The van der Waals surface area contributed by atoms with Crippen molar-refractivity contribution >= 4 is 51.9 Å². The Morgan fingerprint density at radius 2 is 1.97 bits per heavy atom. The quantitative estimate of drug-likeness (QED) is 0.516. The van der Waals surface area contributed by atoms with E-state index in [2.05, 4.69) is 6.07 Å². The Balaban J connectivity index is 1.45. The van der Waals surface area contributed by atoms with Gasteiger partial charge in [0.1, 0.15) is 10.1 Å². The zero-order valence-electron chi connectivity index (χ0n) is 16.7. The number of aryl methyl sites for hydroxylation is 1. The largest absolute Gasteiger partial charge is 0.496 e. The molecule has 0 saturated carbocycles. The monoisotopic (exact) mass is 438 g/mol. The van der Waals surface area contributed by atoms with Crippen LogP contribution in [-0.4, -0.2) is 41.2 Å². The van der Waals surface area contributed by atoms with Gasteiger partial charge in [0, 0.05) is 30.8 Å². The van der Waals surface area contributed by atoms with E-state index in [0.29, 0.717) is 21.5 Å². The van der Waals surface area contributed by atoms with Crippen LogP contribution in [0.25, 0.3) is 6.08 Å². The molecule has 2 aromatic rings. The van der Waals surface area contributed by atoms with Crippen molar-refractivity contribution in [3.05, 3.63) is 64.6 Å². The Morgan fingerprint density at radius 3 is 2.80 bits per heavy atom. The molecule has 1 fully saturated rings. The van der Waals surface area contributed by atoms with Gasteiger partial charge >= 0.3 is 0 Å². The minimum Gasteiger partial charge on any atom is -0.496 e. The first kappa shape index (κ1) is 20.6. The number of anilines is 1. The van der Waals surface area contributed by atoms with Crippen LogP contribution in [0.4, 0.5) is 5.69 Å². The zero-order valence-corrected chi connectivity index (χ0v) is 18.3. The van der Waals surface area contributed by atoms with Crippen molar-refractivity contribution in [2.75, 3.05) is 25.1 Å². The van der Waals surface area contributed by atoms with Gasteiger partial charge < -0.3 is 9.64 Å². The number of nitrogens with zero attached hydrogens (tertiary/aromatic N) is 2. The molecule has 0 bridgehead atoms. The molecule has 154 valence electrons. The number of methoxy groups -OCH3 is 1. The van der Waals surface area contributed by atoms with Gasteiger partial charge in [-0.1, -0.05) is 60.4 Å². The summed E-state index contributed by atoms with van der Waals surface area (Å²) in [5.41, 5.74) is 3.00. The summed E-state index contributed by atoms with van der Waals surface area (Å²) in [6.45, 7) is 0.993. The van der Waals surface area contributed by atoms with Gasteiger partial charge in [-0.25, -0.2) is 0 Å². The van der Waals surface area contributed by atoms with Crippen molar-refractivity contribution in [2.24, 2.45) is 0 Å². The van der Waals surface area contributed by atoms with Crippen LogP contribution in [0.5, 0.6) is 5.75 Å². The molecule has 2 aliphatic heterocycles. The van der Waals surface area contributed by atoms with E-state index < -0.39 is 0 Å². The van der Waals surface area contributed by atoms with Gasteiger partial charge in [-0.2, -0.15) is 0 Å². The van der Waals surface area contributed by atoms with E-state index in [4.69, 9.17) is 17.0 Å². The third-order valence-electron chi connectivity index (χ3n) is 5.26. The molecule has 1 saturated heterocycles. The van der Waals surface area contributed by atoms with Crippen molar-refractivity contribution in [3.63, 3.8) is 0 Å². The van der Waals surface area contributed by atoms with E-state index in [1.165, 1.54) is 22.2 Å². The first-order valence-corrected chi connectivity index (χ1v) is 11.1. The van der Waals surface area contributed by atoms with Gasteiger partial charge in [-0.3, -0.25) is 14.5 Å². The topological polar surface area (TPSA) is 49.9 Å². The number of hydrogen-bond donors (Lipinski definition) is 0. The molecule has 0 aromatic heterocycles. The molecule has 4 rings (SSSR count). The normalized spacial score (nSPS) is 17.4. The highest BCUT2D eigenvalue weighted by Gasteiger charge is 2.33. The highest BCUT2D eigenvalue weighted by Crippen LogP contribution is 2.34. The van der Waals surface area contributed by atoms with Crippen molar-refractivity contribution in [1.29, 1.82) is 0 Å². The van der Waals surface area contributed by atoms with E-state index >= 15 is 0 Å². The fourth-order valence-electron chi connectivity index (χ4n) is 3.75. The number of benzene rings is 2. The number of rotatable bonds is 5. The van der Waals surface area contributed by atoms with E-state index in [9.17, 15) is 9.59 Å². The Bertz CT molecular complexity index is 1030. The predicted octanol–water partition coefficient (Wildman–Crippen LogP) is 4.27. The average Bonchev–Trinajstić information content (AvgIpc) is 3.04. The highest BCUT2D eigenvalue weighted by atomic mass is 32.2. The van der Waals surface area contributed by atoms with Crippen LogP contribution in [-0.2, 0) is 16.0 Å². The van der Waals surface area contributed by atoms with Gasteiger partial charge in [0.05, 0.1) is 12.0 Å². The number of hydrogen-bond acceptors (Lipinski definition) is 5. The fourth-order valence-corrected chi connectivity index (χ4v) is 5.05. The minimum atomic E-state index is -0.164. The molecule has 0 unspecified atom stereocenters. The molecule has 2 aromatic carbocycles.